The Morgan fingerprint density at radius 3 is 2.39 bits per heavy atom. The summed E-state index contributed by atoms with van der Waals surface area (Å²) in [4.78, 5) is 2.49. The fourth-order valence-electron chi connectivity index (χ4n) is 4.80. The number of hydrogen-bond donors (Lipinski definition) is 1. The van der Waals surface area contributed by atoms with Crippen LogP contribution in [0.2, 0.25) is 0 Å². The molecule has 0 saturated carbocycles. The highest BCUT2D eigenvalue weighted by atomic mass is 16.5. The summed E-state index contributed by atoms with van der Waals surface area (Å²) < 4.78 is 12.5. The van der Waals surface area contributed by atoms with Crippen LogP contribution in [-0.2, 0) is 17.7 Å². The van der Waals surface area contributed by atoms with E-state index in [4.69, 9.17) is 14.9 Å². The van der Waals surface area contributed by atoms with Gasteiger partial charge in [-0.25, -0.2) is 0 Å². The molecule has 2 N–H and O–H groups in total. The lowest BCUT2D eigenvalue weighted by atomic mass is 9.96. The third-order valence-corrected chi connectivity index (χ3v) is 7.10. The van der Waals surface area contributed by atoms with E-state index in [-0.39, 0.29) is 0 Å². The predicted octanol–water partition coefficient (Wildman–Crippen LogP) is 5.86. The lowest BCUT2D eigenvalue weighted by molar-refractivity contribution is 0.00390. The summed E-state index contributed by atoms with van der Waals surface area (Å²) in [7, 11) is 0. The highest BCUT2D eigenvalue weighted by Crippen LogP contribution is 2.37. The van der Waals surface area contributed by atoms with Gasteiger partial charge in [-0.15, -0.1) is 0 Å². The van der Waals surface area contributed by atoms with E-state index in [1.165, 1.54) is 27.6 Å². The highest BCUT2D eigenvalue weighted by molar-refractivity contribution is 5.96. The van der Waals surface area contributed by atoms with Gasteiger partial charge in [0.05, 0.1) is 18.3 Å². The zero-order valence-electron chi connectivity index (χ0n) is 19.5. The number of nitrogens with zero attached hydrogens (tertiary/aromatic N) is 1. The molecule has 0 amide bonds. The molecule has 4 nitrogen and oxygen atoms in total. The Morgan fingerprint density at radius 1 is 0.968 bits per heavy atom. The maximum Gasteiger partial charge on any atom is 0.158 e. The molecule has 1 aliphatic rings. The zero-order valence-corrected chi connectivity index (χ0v) is 19.5. The average molecular weight is 421 g/mol. The molecule has 2 aromatic carbocycles. The third kappa shape index (κ3) is 4.65. The lowest BCUT2D eigenvalue weighted by Gasteiger charge is -2.31. The SMILES string of the molecule is Cc1c(C)c(C)c2c(C)c(CN3CCC(OCCCc4ccccc4)CC3)oc2c1N. The van der Waals surface area contributed by atoms with Gasteiger partial charge in [-0.2, -0.15) is 0 Å². The summed E-state index contributed by atoms with van der Waals surface area (Å²) in [5.41, 5.74) is 14.4. The summed E-state index contributed by atoms with van der Waals surface area (Å²) in [5, 5.41) is 1.20. The number of benzene rings is 2. The Labute approximate surface area is 186 Å². The van der Waals surface area contributed by atoms with Gasteiger partial charge in [0.25, 0.3) is 0 Å². The van der Waals surface area contributed by atoms with E-state index >= 15 is 0 Å². The predicted molar refractivity (Wildman–Crippen MR) is 129 cm³/mol. The molecule has 0 atom stereocenters. The average Bonchev–Trinajstić information content (AvgIpc) is 3.11. The van der Waals surface area contributed by atoms with Gasteiger partial charge in [0.15, 0.2) is 5.58 Å². The Hall–Kier alpha value is -2.30. The number of nitrogen functional groups attached to an aromatic ring is 1. The molecule has 0 radical (unpaired) electrons. The number of ether oxygens (including phenoxy) is 1. The molecule has 2 heterocycles. The van der Waals surface area contributed by atoms with Crippen molar-refractivity contribution in [1.29, 1.82) is 0 Å². The minimum atomic E-state index is 0.381. The van der Waals surface area contributed by atoms with Gasteiger partial charge in [-0.3, -0.25) is 4.90 Å². The Kier molecular flexibility index (Phi) is 6.68. The van der Waals surface area contributed by atoms with E-state index in [0.717, 1.165) is 74.5 Å². The van der Waals surface area contributed by atoms with Crippen LogP contribution in [0.3, 0.4) is 0 Å². The second kappa shape index (κ2) is 9.46. The van der Waals surface area contributed by atoms with Crippen LogP contribution in [0.4, 0.5) is 5.69 Å². The first kappa shape index (κ1) is 21.9. The van der Waals surface area contributed by atoms with Gasteiger partial charge >= 0.3 is 0 Å². The topological polar surface area (TPSA) is 51.6 Å². The van der Waals surface area contributed by atoms with Gasteiger partial charge in [-0.1, -0.05) is 30.3 Å². The number of fused-ring (bicyclic) bond motifs is 1. The molecule has 4 rings (SSSR count). The fourth-order valence-corrected chi connectivity index (χ4v) is 4.80. The first-order chi connectivity index (χ1) is 15.0. The number of rotatable bonds is 7. The van der Waals surface area contributed by atoms with Crippen LogP contribution in [0.1, 0.15) is 52.8 Å². The molecule has 1 aliphatic heterocycles. The van der Waals surface area contributed by atoms with Crippen LogP contribution in [0.15, 0.2) is 34.7 Å². The van der Waals surface area contributed by atoms with E-state index in [1.54, 1.807) is 0 Å². The van der Waals surface area contributed by atoms with Gasteiger partial charge < -0.3 is 14.9 Å². The molecule has 0 unspecified atom stereocenters. The number of hydrogen-bond acceptors (Lipinski definition) is 4. The van der Waals surface area contributed by atoms with Gasteiger partial charge in [0, 0.05) is 30.6 Å². The molecule has 166 valence electrons. The first-order valence-electron chi connectivity index (χ1n) is 11.6. The summed E-state index contributed by atoms with van der Waals surface area (Å²) in [6.07, 6.45) is 4.73. The van der Waals surface area contributed by atoms with Crippen molar-refractivity contribution < 1.29 is 9.15 Å². The molecule has 0 aliphatic carbocycles. The van der Waals surface area contributed by atoms with Crippen molar-refractivity contribution >= 4 is 16.7 Å². The Morgan fingerprint density at radius 2 is 1.68 bits per heavy atom. The van der Waals surface area contributed by atoms with Crippen molar-refractivity contribution in [2.45, 2.75) is 66.0 Å². The van der Waals surface area contributed by atoms with E-state index < -0.39 is 0 Å². The van der Waals surface area contributed by atoms with Crippen LogP contribution >= 0.6 is 0 Å². The number of furan rings is 1. The summed E-state index contributed by atoms with van der Waals surface area (Å²) in [5.74, 6) is 1.05. The number of piperidine rings is 1. The molecule has 4 heteroatoms. The number of anilines is 1. The van der Waals surface area contributed by atoms with Crippen molar-refractivity contribution in [3.63, 3.8) is 0 Å². The highest BCUT2D eigenvalue weighted by Gasteiger charge is 2.23. The summed E-state index contributed by atoms with van der Waals surface area (Å²) in [6.45, 7) is 12.4. The summed E-state index contributed by atoms with van der Waals surface area (Å²) >= 11 is 0. The van der Waals surface area contributed by atoms with Crippen LogP contribution in [0.25, 0.3) is 11.0 Å². The minimum absolute atomic E-state index is 0.381. The molecule has 3 aromatic rings. The van der Waals surface area contributed by atoms with Crippen molar-refractivity contribution in [3.05, 3.63) is 63.9 Å². The molecule has 0 bridgehead atoms. The van der Waals surface area contributed by atoms with Gasteiger partial charge in [0.2, 0.25) is 0 Å². The maximum atomic E-state index is 6.39. The van der Waals surface area contributed by atoms with Crippen molar-refractivity contribution in [3.8, 4) is 0 Å². The Balaban J connectivity index is 1.30. The largest absolute Gasteiger partial charge is 0.457 e. The molecule has 31 heavy (non-hydrogen) atoms. The molecule has 0 spiro atoms. The normalized spacial score (nSPS) is 15.7. The van der Waals surface area contributed by atoms with E-state index in [1.807, 2.05) is 0 Å². The molecular weight excluding hydrogens is 384 g/mol. The van der Waals surface area contributed by atoms with E-state index in [0.29, 0.717) is 6.10 Å². The lowest BCUT2D eigenvalue weighted by Crippen LogP contribution is -2.36. The Bertz CT molecular complexity index is 1030. The second-order valence-corrected chi connectivity index (χ2v) is 9.08. The van der Waals surface area contributed by atoms with E-state index in [2.05, 4.69) is 62.9 Å². The smallest absolute Gasteiger partial charge is 0.158 e. The van der Waals surface area contributed by atoms with Crippen LogP contribution in [0.5, 0.6) is 0 Å². The van der Waals surface area contributed by atoms with Gasteiger partial charge in [0.1, 0.15) is 5.76 Å². The van der Waals surface area contributed by atoms with Crippen molar-refractivity contribution in [1.82, 2.24) is 4.90 Å². The molecule has 1 aromatic heterocycles. The van der Waals surface area contributed by atoms with Crippen LogP contribution in [-0.4, -0.2) is 30.7 Å². The second-order valence-electron chi connectivity index (χ2n) is 9.08. The quantitative estimate of drug-likeness (QED) is 0.384. The number of nitrogens with two attached hydrogens (primary N) is 1. The molecule has 1 saturated heterocycles. The minimum Gasteiger partial charge on any atom is -0.457 e. The van der Waals surface area contributed by atoms with Crippen LogP contribution in [0, 0.1) is 27.7 Å². The number of aryl methyl sites for hydroxylation is 3. The number of likely N-dealkylation sites (tertiary alicyclic amines) is 1. The van der Waals surface area contributed by atoms with Crippen LogP contribution < -0.4 is 5.73 Å². The standard InChI is InChI=1S/C27H36N2O2/c1-18-19(2)25-21(4)24(31-27(25)26(28)20(18)3)17-29-14-12-23(13-15-29)30-16-8-11-22-9-6-5-7-10-22/h5-7,9-10,23H,8,11-17,28H2,1-4H3. The van der Waals surface area contributed by atoms with E-state index in [9.17, 15) is 0 Å². The fraction of sp³-hybridized carbons (Fsp3) is 0.481. The summed E-state index contributed by atoms with van der Waals surface area (Å²) in [6, 6.07) is 10.7. The zero-order chi connectivity index (χ0) is 22.0. The third-order valence-electron chi connectivity index (χ3n) is 7.10. The molecular formula is C27H36N2O2. The monoisotopic (exact) mass is 420 g/mol. The maximum absolute atomic E-state index is 6.39. The first-order valence-corrected chi connectivity index (χ1v) is 11.6. The van der Waals surface area contributed by atoms with Crippen molar-refractivity contribution in [2.24, 2.45) is 0 Å². The van der Waals surface area contributed by atoms with Crippen molar-refractivity contribution in [2.75, 3.05) is 25.4 Å². The molecule has 1 fully saturated rings. The van der Waals surface area contributed by atoms with Gasteiger partial charge in [-0.05, 0) is 75.6 Å².